The summed E-state index contributed by atoms with van der Waals surface area (Å²) in [6, 6.07) is 5.72. The van der Waals surface area contributed by atoms with E-state index in [1.54, 1.807) is 0 Å². The average Bonchev–Trinajstić information content (AvgIpc) is 2.50. The number of unbranched alkanes of at least 4 members (excludes halogenated alkanes) is 1. The van der Waals surface area contributed by atoms with Crippen LogP contribution in [-0.4, -0.2) is 23.1 Å². The van der Waals surface area contributed by atoms with E-state index in [-0.39, 0.29) is 16.5 Å². The summed E-state index contributed by atoms with van der Waals surface area (Å²) in [6.45, 7) is 4.72. The predicted octanol–water partition coefficient (Wildman–Crippen LogP) is 4.12. The van der Waals surface area contributed by atoms with Crippen molar-refractivity contribution in [2.45, 2.75) is 50.8 Å². The van der Waals surface area contributed by atoms with Gasteiger partial charge in [0, 0.05) is 24.2 Å². The van der Waals surface area contributed by atoms with Gasteiger partial charge in [-0.2, -0.15) is 0 Å². The number of rotatable bonds is 5. The molecule has 0 N–H and O–H groups in total. The molecule has 21 heavy (non-hydrogen) atoms. The van der Waals surface area contributed by atoms with Gasteiger partial charge in [-0.25, -0.2) is 0 Å². The number of hydrogen-bond donors (Lipinski definition) is 0. The summed E-state index contributed by atoms with van der Waals surface area (Å²) in [5.74, 6) is 0.290. The van der Waals surface area contributed by atoms with Crippen molar-refractivity contribution in [3.8, 4) is 0 Å². The van der Waals surface area contributed by atoms with Gasteiger partial charge in [0.05, 0.1) is 4.83 Å². The van der Waals surface area contributed by atoms with E-state index in [4.69, 9.17) is 0 Å². The molecule has 1 atom stereocenters. The van der Waals surface area contributed by atoms with Gasteiger partial charge in [-0.15, -0.1) is 0 Å². The molecule has 1 aliphatic heterocycles. The monoisotopic (exact) mass is 351 g/mol. The standard InChI is InChI=1S/C17H22BrNO2/c1-3-4-7-16(20)19-10-5-6-13-11-14(8-9-15(13)19)17(21)12(2)18/h8-9,11-12H,3-7,10H2,1-2H3. The van der Waals surface area contributed by atoms with E-state index in [9.17, 15) is 9.59 Å². The van der Waals surface area contributed by atoms with E-state index >= 15 is 0 Å². The Hall–Kier alpha value is -1.16. The Bertz CT molecular complexity index is 540. The number of halogens is 1. The molecule has 114 valence electrons. The molecule has 0 fully saturated rings. The first-order valence-electron chi connectivity index (χ1n) is 7.66. The fourth-order valence-corrected chi connectivity index (χ4v) is 2.97. The van der Waals surface area contributed by atoms with Crippen LogP contribution in [0.1, 0.15) is 55.5 Å². The summed E-state index contributed by atoms with van der Waals surface area (Å²) in [6.07, 6.45) is 4.47. The predicted molar refractivity (Wildman–Crippen MR) is 89.4 cm³/mol. The number of amides is 1. The molecule has 0 aromatic heterocycles. The summed E-state index contributed by atoms with van der Waals surface area (Å²) in [5, 5.41) is 0. The zero-order valence-corrected chi connectivity index (χ0v) is 14.3. The molecule has 0 aliphatic carbocycles. The SMILES string of the molecule is CCCCC(=O)N1CCCc2cc(C(=O)C(C)Br)ccc21. The lowest BCUT2D eigenvalue weighted by Crippen LogP contribution is -2.35. The van der Waals surface area contributed by atoms with Crippen molar-refractivity contribution >= 4 is 33.3 Å². The van der Waals surface area contributed by atoms with Crippen molar-refractivity contribution in [2.24, 2.45) is 0 Å². The van der Waals surface area contributed by atoms with Crippen LogP contribution in [0.3, 0.4) is 0 Å². The third-order valence-corrected chi connectivity index (χ3v) is 4.31. The fraction of sp³-hybridized carbons (Fsp3) is 0.529. The molecular formula is C17H22BrNO2. The minimum absolute atomic E-state index is 0.0900. The van der Waals surface area contributed by atoms with Crippen LogP contribution < -0.4 is 4.90 Å². The number of hydrogen-bond acceptors (Lipinski definition) is 2. The van der Waals surface area contributed by atoms with Crippen LogP contribution >= 0.6 is 15.9 Å². The number of carbonyl (C=O) groups excluding carboxylic acids is 2. The molecular weight excluding hydrogens is 330 g/mol. The molecule has 3 nitrogen and oxygen atoms in total. The van der Waals surface area contributed by atoms with Crippen molar-refractivity contribution in [1.29, 1.82) is 0 Å². The Balaban J connectivity index is 2.24. The fourth-order valence-electron chi connectivity index (χ4n) is 2.70. The second-order valence-electron chi connectivity index (χ2n) is 5.58. The lowest BCUT2D eigenvalue weighted by Gasteiger charge is -2.30. The molecule has 0 saturated heterocycles. The molecule has 4 heteroatoms. The molecule has 0 saturated carbocycles. The van der Waals surface area contributed by atoms with Crippen LogP contribution in [0.5, 0.6) is 0 Å². The Kier molecular flexibility index (Phi) is 5.57. The van der Waals surface area contributed by atoms with Gasteiger partial charge in [-0.3, -0.25) is 9.59 Å². The molecule has 0 bridgehead atoms. The van der Waals surface area contributed by atoms with Gasteiger partial charge >= 0.3 is 0 Å². The van der Waals surface area contributed by atoms with Gasteiger partial charge in [0.2, 0.25) is 5.91 Å². The number of fused-ring (bicyclic) bond motifs is 1. The van der Waals surface area contributed by atoms with Gasteiger partial charge in [0.25, 0.3) is 0 Å². The van der Waals surface area contributed by atoms with Crippen LogP contribution in [-0.2, 0) is 11.2 Å². The number of Topliss-reactive ketones (excluding diaryl/α,β-unsaturated/α-hetero) is 1. The van der Waals surface area contributed by atoms with Crippen LogP contribution in [0, 0.1) is 0 Å². The molecule has 0 spiro atoms. The molecule has 1 aromatic carbocycles. The minimum atomic E-state index is -0.179. The largest absolute Gasteiger partial charge is 0.312 e. The van der Waals surface area contributed by atoms with Crippen molar-refractivity contribution in [1.82, 2.24) is 0 Å². The molecule has 1 aliphatic rings. The van der Waals surface area contributed by atoms with Crippen molar-refractivity contribution in [3.63, 3.8) is 0 Å². The van der Waals surface area contributed by atoms with E-state index < -0.39 is 0 Å². The summed E-state index contributed by atoms with van der Waals surface area (Å²) in [4.78, 5) is 26.1. The summed E-state index contributed by atoms with van der Waals surface area (Å²) >= 11 is 3.32. The number of nitrogens with zero attached hydrogens (tertiary/aromatic N) is 1. The first kappa shape index (κ1) is 16.2. The molecule has 2 rings (SSSR count). The summed E-state index contributed by atoms with van der Waals surface area (Å²) in [5.41, 5.74) is 2.83. The maximum atomic E-state index is 12.3. The Labute approximate surface area is 134 Å². The van der Waals surface area contributed by atoms with Crippen molar-refractivity contribution in [3.05, 3.63) is 29.3 Å². The number of anilines is 1. The first-order valence-corrected chi connectivity index (χ1v) is 8.57. The summed E-state index contributed by atoms with van der Waals surface area (Å²) in [7, 11) is 0. The highest BCUT2D eigenvalue weighted by atomic mass is 79.9. The maximum Gasteiger partial charge on any atom is 0.226 e. The second kappa shape index (κ2) is 7.21. The van der Waals surface area contributed by atoms with E-state index in [1.165, 1.54) is 0 Å². The Morgan fingerprint density at radius 3 is 2.81 bits per heavy atom. The number of benzene rings is 1. The Morgan fingerprint density at radius 1 is 1.38 bits per heavy atom. The quantitative estimate of drug-likeness (QED) is 0.590. The number of alkyl halides is 1. The lowest BCUT2D eigenvalue weighted by molar-refractivity contribution is -0.118. The van der Waals surface area contributed by atoms with Gasteiger partial charge in [0.15, 0.2) is 5.78 Å². The number of aryl methyl sites for hydroxylation is 1. The van der Waals surface area contributed by atoms with Crippen molar-refractivity contribution < 1.29 is 9.59 Å². The van der Waals surface area contributed by atoms with E-state index in [2.05, 4.69) is 22.9 Å². The summed E-state index contributed by atoms with van der Waals surface area (Å²) < 4.78 is 0. The number of carbonyl (C=O) groups is 2. The van der Waals surface area contributed by atoms with E-state index in [0.29, 0.717) is 6.42 Å². The highest BCUT2D eigenvalue weighted by Gasteiger charge is 2.23. The molecule has 1 aromatic rings. The zero-order valence-electron chi connectivity index (χ0n) is 12.7. The van der Waals surface area contributed by atoms with Crippen LogP contribution in [0.25, 0.3) is 0 Å². The topological polar surface area (TPSA) is 37.4 Å². The first-order chi connectivity index (χ1) is 10.0. The molecule has 1 unspecified atom stereocenters. The highest BCUT2D eigenvalue weighted by molar-refractivity contribution is 9.10. The average molecular weight is 352 g/mol. The van der Waals surface area contributed by atoms with E-state index in [1.807, 2.05) is 30.0 Å². The lowest BCUT2D eigenvalue weighted by atomic mass is 9.96. The van der Waals surface area contributed by atoms with Crippen molar-refractivity contribution in [2.75, 3.05) is 11.4 Å². The van der Waals surface area contributed by atoms with Gasteiger partial charge < -0.3 is 4.90 Å². The smallest absolute Gasteiger partial charge is 0.226 e. The van der Waals surface area contributed by atoms with Gasteiger partial charge in [-0.1, -0.05) is 29.3 Å². The molecule has 1 heterocycles. The van der Waals surface area contributed by atoms with Crippen LogP contribution in [0.15, 0.2) is 18.2 Å². The maximum absolute atomic E-state index is 12.3. The van der Waals surface area contributed by atoms with E-state index in [0.717, 1.165) is 49.0 Å². The Morgan fingerprint density at radius 2 is 2.14 bits per heavy atom. The third kappa shape index (κ3) is 3.73. The normalized spacial score (nSPS) is 15.5. The second-order valence-corrected chi connectivity index (χ2v) is 6.95. The minimum Gasteiger partial charge on any atom is -0.312 e. The number of ketones is 1. The third-order valence-electron chi connectivity index (χ3n) is 3.89. The van der Waals surface area contributed by atoms with Gasteiger partial charge in [-0.05, 0) is 49.9 Å². The highest BCUT2D eigenvalue weighted by Crippen LogP contribution is 2.29. The van der Waals surface area contributed by atoms with Crippen LogP contribution in [0.2, 0.25) is 0 Å². The van der Waals surface area contributed by atoms with Crippen LogP contribution in [0.4, 0.5) is 5.69 Å². The molecule has 0 radical (unpaired) electrons. The molecule has 1 amide bonds. The zero-order chi connectivity index (χ0) is 15.4. The van der Waals surface area contributed by atoms with Gasteiger partial charge in [0.1, 0.15) is 0 Å².